The van der Waals surface area contributed by atoms with Crippen molar-refractivity contribution in [2.24, 2.45) is 0 Å². The molecule has 0 aliphatic rings. The summed E-state index contributed by atoms with van der Waals surface area (Å²) in [6.45, 7) is 0. The molecule has 0 nitrogen and oxygen atoms in total. The van der Waals surface area contributed by atoms with Crippen molar-refractivity contribution in [2.75, 3.05) is 0 Å². The highest BCUT2D eigenvalue weighted by molar-refractivity contribution is 9.28. The van der Waals surface area contributed by atoms with Gasteiger partial charge in [-0.1, -0.05) is 0 Å². The summed E-state index contributed by atoms with van der Waals surface area (Å²) < 4.78 is 25.9. The van der Waals surface area contributed by atoms with Gasteiger partial charge in [0.1, 0.15) is 11.6 Å². The van der Waals surface area contributed by atoms with Crippen molar-refractivity contribution in [3.05, 3.63) is 38.8 Å². The van der Waals surface area contributed by atoms with E-state index >= 15 is 0 Å². The molecule has 4 heteroatoms. The highest BCUT2D eigenvalue weighted by atomic mass is 79.9. The molecule has 0 heterocycles. The van der Waals surface area contributed by atoms with E-state index in [0.29, 0.717) is 8.96 Å². The van der Waals surface area contributed by atoms with Crippen molar-refractivity contribution in [3.63, 3.8) is 0 Å². The largest absolute Gasteiger partial charge is 0.207 e. The quantitative estimate of drug-likeness (QED) is 0.733. The number of hydrogen-bond donors (Lipinski definition) is 0. The van der Waals surface area contributed by atoms with Gasteiger partial charge in [-0.05, 0) is 50.1 Å². The summed E-state index contributed by atoms with van der Waals surface area (Å²) in [6.07, 6.45) is 1.51. The number of halogens is 4. The Bertz CT molecular complexity index is 317. The summed E-state index contributed by atoms with van der Waals surface area (Å²) in [5.41, 5.74) is 0.333. The summed E-state index contributed by atoms with van der Waals surface area (Å²) in [5, 5.41) is 0. The van der Waals surface area contributed by atoms with Crippen molar-refractivity contribution in [2.45, 2.75) is 0 Å². The van der Waals surface area contributed by atoms with Gasteiger partial charge in [-0.15, -0.1) is 0 Å². The zero-order valence-corrected chi connectivity index (χ0v) is 8.99. The normalized spacial score (nSPS) is 9.67. The molecule has 64 valence electrons. The molecule has 0 spiro atoms. The Hall–Kier alpha value is -0.220. The average Bonchev–Trinajstić information content (AvgIpc) is 1.94. The van der Waals surface area contributed by atoms with Crippen molar-refractivity contribution in [3.8, 4) is 0 Å². The molecule has 0 amide bonds. The van der Waals surface area contributed by atoms with E-state index in [0.717, 1.165) is 6.07 Å². The van der Waals surface area contributed by atoms with E-state index < -0.39 is 11.6 Å². The van der Waals surface area contributed by atoms with Crippen LogP contribution in [0.25, 0.3) is 6.08 Å². The lowest BCUT2D eigenvalue weighted by Crippen LogP contribution is -1.83. The minimum Gasteiger partial charge on any atom is -0.207 e. The lowest BCUT2D eigenvalue weighted by molar-refractivity contribution is 0.581. The summed E-state index contributed by atoms with van der Waals surface area (Å²) in [4.78, 5) is 0. The molecule has 0 atom stereocenters. The van der Waals surface area contributed by atoms with E-state index in [1.54, 1.807) is 0 Å². The fourth-order valence-electron chi connectivity index (χ4n) is 0.736. The molecule has 0 aliphatic heterocycles. The summed E-state index contributed by atoms with van der Waals surface area (Å²) >= 11 is 6.16. The molecule has 1 aromatic rings. The van der Waals surface area contributed by atoms with Crippen LogP contribution in [0, 0.1) is 11.6 Å². The first kappa shape index (κ1) is 9.86. The molecular formula is C8H4Br2F2. The Morgan fingerprint density at radius 3 is 2.42 bits per heavy atom. The molecule has 1 aromatic carbocycles. The van der Waals surface area contributed by atoms with Gasteiger partial charge in [0.25, 0.3) is 0 Å². The van der Waals surface area contributed by atoms with Crippen LogP contribution in [-0.2, 0) is 0 Å². The smallest absolute Gasteiger partial charge is 0.133 e. The minimum atomic E-state index is -0.577. The Balaban J connectivity index is 3.10. The zero-order valence-electron chi connectivity index (χ0n) is 5.82. The van der Waals surface area contributed by atoms with E-state index in [1.807, 2.05) is 0 Å². The van der Waals surface area contributed by atoms with Crippen LogP contribution in [0.15, 0.2) is 21.6 Å². The van der Waals surface area contributed by atoms with E-state index in [9.17, 15) is 8.78 Å². The van der Waals surface area contributed by atoms with Gasteiger partial charge in [-0.2, -0.15) is 0 Å². The van der Waals surface area contributed by atoms with Crippen LogP contribution in [0.4, 0.5) is 8.78 Å². The predicted octanol–water partition coefficient (Wildman–Crippen LogP) is 4.05. The van der Waals surface area contributed by atoms with Crippen LogP contribution in [0.2, 0.25) is 0 Å². The van der Waals surface area contributed by atoms with Gasteiger partial charge < -0.3 is 0 Å². The molecule has 0 N–H and O–H groups in total. The first-order chi connectivity index (χ1) is 5.59. The topological polar surface area (TPSA) is 0 Å². The van der Waals surface area contributed by atoms with E-state index in [4.69, 9.17) is 0 Å². The second-order valence-corrected chi connectivity index (χ2v) is 4.87. The second kappa shape index (κ2) is 4.14. The lowest BCUT2D eigenvalue weighted by atomic mass is 10.2. The third-order valence-electron chi connectivity index (χ3n) is 1.23. The minimum absolute atomic E-state index is 0.333. The predicted molar refractivity (Wildman–Crippen MR) is 52.2 cm³/mol. The fourth-order valence-corrected chi connectivity index (χ4v) is 1.23. The van der Waals surface area contributed by atoms with Gasteiger partial charge in [0.15, 0.2) is 0 Å². The SMILES string of the molecule is Fc1ccc(C=C(Br)Br)c(F)c1. The van der Waals surface area contributed by atoms with Gasteiger partial charge in [0, 0.05) is 11.6 Å². The van der Waals surface area contributed by atoms with Gasteiger partial charge in [-0.3, -0.25) is 0 Å². The monoisotopic (exact) mass is 296 g/mol. The molecule has 0 saturated carbocycles. The zero-order chi connectivity index (χ0) is 9.14. The maximum absolute atomic E-state index is 12.9. The molecule has 0 radical (unpaired) electrons. The third-order valence-corrected chi connectivity index (χ3v) is 1.68. The van der Waals surface area contributed by atoms with Gasteiger partial charge in [0.2, 0.25) is 0 Å². The van der Waals surface area contributed by atoms with Crippen LogP contribution >= 0.6 is 31.9 Å². The van der Waals surface area contributed by atoms with Gasteiger partial charge >= 0.3 is 0 Å². The molecular weight excluding hydrogens is 294 g/mol. The summed E-state index contributed by atoms with van der Waals surface area (Å²) in [7, 11) is 0. The molecule has 0 unspecified atom stereocenters. The molecule has 0 fully saturated rings. The van der Waals surface area contributed by atoms with Gasteiger partial charge in [-0.25, -0.2) is 8.78 Å². The van der Waals surface area contributed by atoms with Crippen molar-refractivity contribution in [1.82, 2.24) is 0 Å². The van der Waals surface area contributed by atoms with Crippen molar-refractivity contribution < 1.29 is 8.78 Å². The number of benzene rings is 1. The van der Waals surface area contributed by atoms with Crippen molar-refractivity contribution in [1.29, 1.82) is 0 Å². The number of hydrogen-bond acceptors (Lipinski definition) is 0. The average molecular weight is 298 g/mol. The van der Waals surface area contributed by atoms with Crippen LogP contribution in [0.3, 0.4) is 0 Å². The Labute approximate surface area is 85.5 Å². The van der Waals surface area contributed by atoms with E-state index in [-0.39, 0.29) is 0 Å². The maximum atomic E-state index is 12.9. The van der Waals surface area contributed by atoms with Crippen LogP contribution in [0.1, 0.15) is 5.56 Å². The number of rotatable bonds is 1. The maximum Gasteiger partial charge on any atom is 0.133 e. The van der Waals surface area contributed by atoms with Crippen LogP contribution < -0.4 is 0 Å². The van der Waals surface area contributed by atoms with E-state index in [2.05, 4.69) is 31.9 Å². The van der Waals surface area contributed by atoms with Gasteiger partial charge in [0.05, 0.1) is 3.39 Å². The molecule has 12 heavy (non-hydrogen) atoms. The van der Waals surface area contributed by atoms with E-state index in [1.165, 1.54) is 18.2 Å². The Morgan fingerprint density at radius 1 is 1.25 bits per heavy atom. The van der Waals surface area contributed by atoms with Crippen LogP contribution in [-0.4, -0.2) is 0 Å². The molecule has 0 saturated heterocycles. The Kier molecular flexibility index (Phi) is 3.40. The highest BCUT2D eigenvalue weighted by Crippen LogP contribution is 2.20. The summed E-state index contributed by atoms with van der Waals surface area (Å²) in [5.74, 6) is -1.15. The molecule has 1 rings (SSSR count). The molecule has 0 bridgehead atoms. The lowest BCUT2D eigenvalue weighted by Gasteiger charge is -1.95. The first-order valence-corrected chi connectivity index (χ1v) is 4.66. The molecule has 0 aliphatic carbocycles. The Morgan fingerprint density at radius 2 is 1.92 bits per heavy atom. The third kappa shape index (κ3) is 2.68. The first-order valence-electron chi connectivity index (χ1n) is 3.07. The van der Waals surface area contributed by atoms with Crippen molar-refractivity contribution >= 4 is 37.9 Å². The second-order valence-electron chi connectivity index (χ2n) is 2.10. The summed E-state index contributed by atoms with van der Waals surface area (Å²) in [6, 6.07) is 3.42. The fraction of sp³-hybridized carbons (Fsp3) is 0. The van der Waals surface area contributed by atoms with Crippen LogP contribution in [0.5, 0.6) is 0 Å². The molecule has 0 aromatic heterocycles. The highest BCUT2D eigenvalue weighted by Gasteiger charge is 2.00. The standard InChI is InChI=1S/C8H4Br2F2/c9-8(10)3-5-1-2-6(11)4-7(5)12/h1-4H.